The summed E-state index contributed by atoms with van der Waals surface area (Å²) in [6.45, 7) is 7.77. The predicted octanol–water partition coefficient (Wildman–Crippen LogP) is 2.86. The van der Waals surface area contributed by atoms with Crippen LogP contribution in [-0.4, -0.2) is 48.1 Å². The Morgan fingerprint density at radius 2 is 1.79 bits per heavy atom. The van der Waals surface area contributed by atoms with E-state index in [0.29, 0.717) is 5.75 Å². The SMILES string of the molecule is COc1ccc(CN2CCN(Cc3ncccc3C)CC2)cc1F. The second-order valence-electron chi connectivity index (χ2n) is 6.29. The van der Waals surface area contributed by atoms with Crippen molar-refractivity contribution in [2.24, 2.45) is 0 Å². The molecule has 0 N–H and O–H groups in total. The van der Waals surface area contributed by atoms with Crippen molar-refractivity contribution in [1.82, 2.24) is 14.8 Å². The molecule has 1 fully saturated rings. The molecule has 2 aromatic rings. The number of ether oxygens (including phenoxy) is 1. The van der Waals surface area contributed by atoms with Gasteiger partial charge < -0.3 is 4.74 Å². The van der Waals surface area contributed by atoms with Crippen LogP contribution in [0.15, 0.2) is 36.5 Å². The molecule has 1 aromatic carbocycles. The highest BCUT2D eigenvalue weighted by Gasteiger charge is 2.18. The van der Waals surface area contributed by atoms with E-state index in [-0.39, 0.29) is 5.82 Å². The minimum absolute atomic E-state index is 0.292. The van der Waals surface area contributed by atoms with Crippen LogP contribution in [0.3, 0.4) is 0 Å². The third-order valence-corrected chi connectivity index (χ3v) is 4.58. The molecule has 1 aromatic heterocycles. The zero-order valence-electron chi connectivity index (χ0n) is 14.3. The molecule has 0 bridgehead atoms. The van der Waals surface area contributed by atoms with Gasteiger partial charge in [-0.15, -0.1) is 0 Å². The van der Waals surface area contributed by atoms with Gasteiger partial charge in [-0.1, -0.05) is 12.1 Å². The molecule has 24 heavy (non-hydrogen) atoms. The van der Waals surface area contributed by atoms with E-state index >= 15 is 0 Å². The normalized spacial score (nSPS) is 16.3. The monoisotopic (exact) mass is 329 g/mol. The molecule has 0 radical (unpaired) electrons. The maximum atomic E-state index is 13.8. The number of rotatable bonds is 5. The van der Waals surface area contributed by atoms with Crippen LogP contribution in [0.5, 0.6) is 5.75 Å². The predicted molar refractivity (Wildman–Crippen MR) is 92.5 cm³/mol. The molecule has 0 aliphatic carbocycles. The zero-order chi connectivity index (χ0) is 16.9. The van der Waals surface area contributed by atoms with Gasteiger partial charge in [-0.25, -0.2) is 4.39 Å². The fourth-order valence-corrected chi connectivity index (χ4v) is 3.07. The summed E-state index contributed by atoms with van der Waals surface area (Å²) in [5.41, 5.74) is 3.39. The maximum absolute atomic E-state index is 13.8. The standard InChI is InChI=1S/C19H24FN3O/c1-15-4-3-7-21-18(15)14-23-10-8-22(9-11-23)13-16-5-6-19(24-2)17(20)12-16/h3-7,12H,8-11,13-14H2,1-2H3. The smallest absolute Gasteiger partial charge is 0.165 e. The zero-order valence-corrected chi connectivity index (χ0v) is 14.3. The van der Waals surface area contributed by atoms with E-state index in [2.05, 4.69) is 27.8 Å². The van der Waals surface area contributed by atoms with Crippen LogP contribution in [0.4, 0.5) is 4.39 Å². The van der Waals surface area contributed by atoms with Gasteiger partial charge in [0.1, 0.15) is 0 Å². The fourth-order valence-electron chi connectivity index (χ4n) is 3.07. The Labute approximate surface area is 142 Å². The minimum Gasteiger partial charge on any atom is -0.494 e. The van der Waals surface area contributed by atoms with Gasteiger partial charge in [-0.2, -0.15) is 0 Å². The Morgan fingerprint density at radius 3 is 2.42 bits per heavy atom. The van der Waals surface area contributed by atoms with E-state index < -0.39 is 0 Å². The van der Waals surface area contributed by atoms with Crippen molar-refractivity contribution in [3.63, 3.8) is 0 Å². The number of benzene rings is 1. The average Bonchev–Trinajstić information content (AvgIpc) is 2.59. The summed E-state index contributed by atoms with van der Waals surface area (Å²) >= 11 is 0. The molecule has 1 aliphatic rings. The van der Waals surface area contributed by atoms with Crippen molar-refractivity contribution < 1.29 is 9.13 Å². The topological polar surface area (TPSA) is 28.6 Å². The van der Waals surface area contributed by atoms with Crippen LogP contribution in [0, 0.1) is 12.7 Å². The van der Waals surface area contributed by atoms with Gasteiger partial charge in [0.05, 0.1) is 12.8 Å². The first-order chi connectivity index (χ1) is 11.7. The van der Waals surface area contributed by atoms with Crippen molar-refractivity contribution in [1.29, 1.82) is 0 Å². The first kappa shape index (κ1) is 16.9. The highest BCUT2D eigenvalue weighted by atomic mass is 19.1. The number of hydrogen-bond donors (Lipinski definition) is 0. The molecule has 0 saturated carbocycles. The molecule has 5 heteroatoms. The molecule has 0 unspecified atom stereocenters. The van der Waals surface area contributed by atoms with Crippen molar-refractivity contribution in [2.75, 3.05) is 33.3 Å². The minimum atomic E-state index is -0.292. The lowest BCUT2D eigenvalue weighted by atomic mass is 10.1. The van der Waals surface area contributed by atoms with Crippen LogP contribution in [0.25, 0.3) is 0 Å². The van der Waals surface area contributed by atoms with Gasteiger partial charge in [0, 0.05) is 45.5 Å². The molecule has 2 heterocycles. The Hall–Kier alpha value is -1.98. The quantitative estimate of drug-likeness (QED) is 0.843. The van der Waals surface area contributed by atoms with E-state index in [1.54, 1.807) is 12.1 Å². The third-order valence-electron chi connectivity index (χ3n) is 4.58. The molecule has 4 nitrogen and oxygen atoms in total. The Morgan fingerprint density at radius 1 is 1.08 bits per heavy atom. The summed E-state index contributed by atoms with van der Waals surface area (Å²) in [5.74, 6) is 0.00793. The van der Waals surface area contributed by atoms with Gasteiger partial charge in [0.15, 0.2) is 11.6 Å². The van der Waals surface area contributed by atoms with Crippen LogP contribution >= 0.6 is 0 Å². The number of aryl methyl sites for hydroxylation is 1. The Balaban J connectivity index is 1.52. The number of hydrogen-bond acceptors (Lipinski definition) is 4. The van der Waals surface area contributed by atoms with Gasteiger partial charge in [0.25, 0.3) is 0 Å². The first-order valence-corrected chi connectivity index (χ1v) is 8.33. The lowest BCUT2D eigenvalue weighted by molar-refractivity contribution is 0.120. The van der Waals surface area contributed by atoms with Crippen molar-refractivity contribution >= 4 is 0 Å². The van der Waals surface area contributed by atoms with Crippen LogP contribution in [0.2, 0.25) is 0 Å². The summed E-state index contributed by atoms with van der Waals surface area (Å²) < 4.78 is 18.8. The van der Waals surface area contributed by atoms with Gasteiger partial charge >= 0.3 is 0 Å². The lowest BCUT2D eigenvalue weighted by Crippen LogP contribution is -2.45. The summed E-state index contributed by atoms with van der Waals surface area (Å²) in [6.07, 6.45) is 1.86. The second-order valence-corrected chi connectivity index (χ2v) is 6.29. The molecule has 0 amide bonds. The summed E-state index contributed by atoms with van der Waals surface area (Å²) in [4.78, 5) is 9.27. The van der Waals surface area contributed by atoms with Crippen molar-refractivity contribution in [2.45, 2.75) is 20.0 Å². The number of pyridine rings is 1. The number of methoxy groups -OCH3 is 1. The number of aromatic nitrogens is 1. The highest BCUT2D eigenvalue weighted by Crippen LogP contribution is 2.19. The van der Waals surface area contributed by atoms with Crippen LogP contribution < -0.4 is 4.74 Å². The Kier molecular flexibility index (Phi) is 5.43. The first-order valence-electron chi connectivity index (χ1n) is 8.33. The van der Waals surface area contributed by atoms with E-state index in [1.807, 2.05) is 18.3 Å². The number of halogens is 1. The molecule has 1 saturated heterocycles. The second kappa shape index (κ2) is 7.73. The fraction of sp³-hybridized carbons (Fsp3) is 0.421. The molecule has 0 spiro atoms. The third kappa shape index (κ3) is 4.10. The van der Waals surface area contributed by atoms with E-state index in [1.165, 1.54) is 12.7 Å². The molecular weight excluding hydrogens is 305 g/mol. The van der Waals surface area contributed by atoms with Gasteiger partial charge in [-0.3, -0.25) is 14.8 Å². The van der Waals surface area contributed by atoms with Gasteiger partial charge in [-0.05, 0) is 36.2 Å². The van der Waals surface area contributed by atoms with Crippen LogP contribution in [-0.2, 0) is 13.1 Å². The van der Waals surface area contributed by atoms with E-state index in [0.717, 1.165) is 50.5 Å². The van der Waals surface area contributed by atoms with Gasteiger partial charge in [0.2, 0.25) is 0 Å². The molecule has 1 aliphatic heterocycles. The molecule has 0 atom stereocenters. The molecular formula is C19H24FN3O. The lowest BCUT2D eigenvalue weighted by Gasteiger charge is -2.34. The summed E-state index contributed by atoms with van der Waals surface area (Å²) in [6, 6.07) is 9.29. The average molecular weight is 329 g/mol. The number of piperazine rings is 1. The van der Waals surface area contributed by atoms with E-state index in [4.69, 9.17) is 4.74 Å². The van der Waals surface area contributed by atoms with Crippen LogP contribution in [0.1, 0.15) is 16.8 Å². The summed E-state index contributed by atoms with van der Waals surface area (Å²) in [7, 11) is 1.49. The highest BCUT2D eigenvalue weighted by molar-refractivity contribution is 5.29. The number of nitrogens with zero attached hydrogens (tertiary/aromatic N) is 3. The maximum Gasteiger partial charge on any atom is 0.165 e. The van der Waals surface area contributed by atoms with Crippen molar-refractivity contribution in [3.05, 3.63) is 59.2 Å². The molecule has 3 rings (SSSR count). The molecule has 128 valence electrons. The summed E-state index contributed by atoms with van der Waals surface area (Å²) in [5, 5.41) is 0. The Bertz CT molecular complexity index is 684. The van der Waals surface area contributed by atoms with Crippen molar-refractivity contribution in [3.8, 4) is 5.75 Å². The van der Waals surface area contributed by atoms with E-state index in [9.17, 15) is 4.39 Å². The largest absolute Gasteiger partial charge is 0.494 e.